The Bertz CT molecular complexity index is 838. The number of benzene rings is 2. The summed E-state index contributed by atoms with van der Waals surface area (Å²) >= 11 is 6.04. The Kier molecular flexibility index (Phi) is 7.88. The van der Waals surface area contributed by atoms with Crippen molar-refractivity contribution in [1.29, 1.82) is 0 Å². The molecule has 2 aromatic carbocycles. The summed E-state index contributed by atoms with van der Waals surface area (Å²) in [5.41, 5.74) is 1.76. The maximum absolute atomic E-state index is 12.8. The summed E-state index contributed by atoms with van der Waals surface area (Å²) in [6, 6.07) is 12.3. The van der Waals surface area contributed by atoms with Crippen molar-refractivity contribution >= 4 is 29.1 Å². The molecular weight excluding hydrogens is 376 g/mol. The highest BCUT2D eigenvalue weighted by Crippen LogP contribution is 2.23. The monoisotopic (exact) mass is 402 g/mol. The van der Waals surface area contributed by atoms with Crippen LogP contribution in [0.2, 0.25) is 5.02 Å². The van der Waals surface area contributed by atoms with E-state index in [1.807, 2.05) is 27.7 Å². The molecule has 0 spiro atoms. The molecule has 2 aromatic rings. The summed E-state index contributed by atoms with van der Waals surface area (Å²) in [6.45, 7) is 7.69. The van der Waals surface area contributed by atoms with Crippen LogP contribution in [0.1, 0.15) is 49.5 Å². The molecule has 0 aliphatic rings. The lowest BCUT2D eigenvalue weighted by molar-refractivity contribution is -0.122. The van der Waals surface area contributed by atoms with Gasteiger partial charge in [0.2, 0.25) is 0 Å². The van der Waals surface area contributed by atoms with Crippen molar-refractivity contribution < 1.29 is 14.3 Å². The maximum Gasteiger partial charge on any atom is 0.265 e. The van der Waals surface area contributed by atoms with Gasteiger partial charge in [-0.2, -0.15) is 0 Å². The van der Waals surface area contributed by atoms with Gasteiger partial charge in [0.1, 0.15) is 5.75 Å². The van der Waals surface area contributed by atoms with E-state index < -0.39 is 6.10 Å². The third kappa shape index (κ3) is 5.73. The Labute approximate surface area is 171 Å². The van der Waals surface area contributed by atoms with Gasteiger partial charge in [0.25, 0.3) is 11.8 Å². The van der Waals surface area contributed by atoms with Crippen molar-refractivity contribution in [2.24, 2.45) is 0 Å². The van der Waals surface area contributed by atoms with Gasteiger partial charge in [-0.3, -0.25) is 9.59 Å². The van der Waals surface area contributed by atoms with Crippen molar-refractivity contribution in [3.8, 4) is 5.75 Å². The van der Waals surface area contributed by atoms with Gasteiger partial charge >= 0.3 is 0 Å². The average molecular weight is 403 g/mol. The van der Waals surface area contributed by atoms with E-state index in [9.17, 15) is 9.59 Å². The van der Waals surface area contributed by atoms with Gasteiger partial charge < -0.3 is 15.4 Å². The first-order valence-electron chi connectivity index (χ1n) is 9.49. The van der Waals surface area contributed by atoms with Crippen molar-refractivity contribution in [3.05, 3.63) is 58.6 Å². The number of para-hydroxylation sites is 1. The van der Waals surface area contributed by atoms with E-state index in [4.69, 9.17) is 16.3 Å². The molecule has 0 radical (unpaired) electrons. The van der Waals surface area contributed by atoms with E-state index in [1.165, 1.54) is 0 Å². The van der Waals surface area contributed by atoms with Crippen molar-refractivity contribution in [1.82, 2.24) is 5.32 Å². The number of amides is 2. The van der Waals surface area contributed by atoms with E-state index in [1.54, 1.807) is 42.5 Å². The van der Waals surface area contributed by atoms with Crippen LogP contribution in [0.4, 0.5) is 5.69 Å². The van der Waals surface area contributed by atoms with Crippen LogP contribution >= 0.6 is 11.6 Å². The van der Waals surface area contributed by atoms with Crippen molar-refractivity contribution in [3.63, 3.8) is 0 Å². The van der Waals surface area contributed by atoms with Crippen LogP contribution in [0.5, 0.6) is 5.75 Å². The highest BCUT2D eigenvalue weighted by atomic mass is 35.5. The second-order valence-electron chi connectivity index (χ2n) is 6.74. The normalized spacial score (nSPS) is 12.8. The number of nitrogens with one attached hydrogen (secondary N) is 2. The zero-order valence-electron chi connectivity index (χ0n) is 16.7. The molecule has 6 heteroatoms. The molecule has 150 valence electrons. The van der Waals surface area contributed by atoms with Crippen LogP contribution in [-0.2, 0) is 4.79 Å². The lowest BCUT2D eigenvalue weighted by Gasteiger charge is -2.19. The van der Waals surface area contributed by atoms with Crippen LogP contribution in [-0.4, -0.2) is 24.0 Å². The number of aryl methyl sites for hydroxylation is 1. The van der Waals surface area contributed by atoms with Gasteiger partial charge in [0, 0.05) is 11.1 Å². The molecule has 2 amide bonds. The van der Waals surface area contributed by atoms with E-state index in [-0.39, 0.29) is 17.9 Å². The van der Waals surface area contributed by atoms with E-state index in [2.05, 4.69) is 10.6 Å². The van der Waals surface area contributed by atoms with Gasteiger partial charge in [-0.05, 0) is 62.6 Å². The molecule has 28 heavy (non-hydrogen) atoms. The van der Waals surface area contributed by atoms with Gasteiger partial charge in [-0.25, -0.2) is 0 Å². The fraction of sp³-hybridized carbons (Fsp3) is 0.364. The first-order valence-corrected chi connectivity index (χ1v) is 9.87. The van der Waals surface area contributed by atoms with Crippen LogP contribution < -0.4 is 15.4 Å². The van der Waals surface area contributed by atoms with Crippen LogP contribution in [0.15, 0.2) is 42.5 Å². The molecule has 0 aliphatic heterocycles. The summed E-state index contributed by atoms with van der Waals surface area (Å²) < 4.78 is 5.84. The number of rotatable bonds is 8. The Balaban J connectivity index is 2.14. The van der Waals surface area contributed by atoms with E-state index in [0.29, 0.717) is 28.4 Å². The maximum atomic E-state index is 12.8. The van der Waals surface area contributed by atoms with E-state index >= 15 is 0 Å². The predicted molar refractivity (Wildman–Crippen MR) is 113 cm³/mol. The van der Waals surface area contributed by atoms with Crippen LogP contribution in [0.3, 0.4) is 0 Å². The largest absolute Gasteiger partial charge is 0.481 e. The van der Waals surface area contributed by atoms with Crippen molar-refractivity contribution in [2.45, 2.75) is 52.7 Å². The van der Waals surface area contributed by atoms with Gasteiger partial charge in [0.15, 0.2) is 6.10 Å². The minimum absolute atomic E-state index is 0.0520. The summed E-state index contributed by atoms with van der Waals surface area (Å²) in [4.78, 5) is 25.3. The molecule has 0 heterocycles. The lowest BCUT2D eigenvalue weighted by atomic mass is 10.1. The number of hydrogen-bond acceptors (Lipinski definition) is 3. The Morgan fingerprint density at radius 3 is 2.46 bits per heavy atom. The molecule has 2 N–H and O–H groups in total. The predicted octanol–water partition coefficient (Wildman–Crippen LogP) is 4.97. The number of carbonyl (C=O) groups is 2. The SMILES string of the molecule is CC[C@H](C)NC(=O)c1ccccc1NC(=O)[C@@H](CC)Oc1ccc(Cl)c(C)c1. The molecule has 0 bridgehead atoms. The minimum Gasteiger partial charge on any atom is -0.481 e. The summed E-state index contributed by atoms with van der Waals surface area (Å²) in [7, 11) is 0. The van der Waals surface area contributed by atoms with Crippen LogP contribution in [0.25, 0.3) is 0 Å². The molecule has 0 saturated heterocycles. The Morgan fingerprint density at radius 1 is 1.11 bits per heavy atom. The summed E-state index contributed by atoms with van der Waals surface area (Å²) in [5, 5.41) is 6.39. The molecule has 0 aromatic heterocycles. The summed E-state index contributed by atoms with van der Waals surface area (Å²) in [6.07, 6.45) is 0.618. The third-order valence-corrected chi connectivity index (χ3v) is 4.91. The number of halogens is 1. The molecule has 0 unspecified atom stereocenters. The van der Waals surface area contributed by atoms with Gasteiger partial charge in [-0.1, -0.05) is 37.6 Å². The highest BCUT2D eigenvalue weighted by molar-refractivity contribution is 6.31. The van der Waals surface area contributed by atoms with Crippen molar-refractivity contribution in [2.75, 3.05) is 5.32 Å². The molecule has 0 saturated carbocycles. The van der Waals surface area contributed by atoms with Gasteiger partial charge in [0.05, 0.1) is 11.3 Å². The lowest BCUT2D eigenvalue weighted by Crippen LogP contribution is -2.35. The fourth-order valence-corrected chi connectivity index (χ4v) is 2.70. The molecular formula is C22H27ClN2O3. The molecule has 0 fully saturated rings. The molecule has 5 nitrogen and oxygen atoms in total. The zero-order chi connectivity index (χ0) is 20.7. The van der Waals surface area contributed by atoms with E-state index in [0.717, 1.165) is 12.0 Å². The van der Waals surface area contributed by atoms with Crippen LogP contribution in [0, 0.1) is 6.92 Å². The standard InChI is InChI=1S/C22H27ClN2O3/c1-5-15(4)24-21(26)17-9-7-8-10-19(17)25-22(27)20(6-2)28-16-11-12-18(23)14(3)13-16/h7-13,15,20H,5-6H2,1-4H3,(H,24,26)(H,25,27)/t15-,20+/m0/s1. The third-order valence-electron chi connectivity index (χ3n) is 4.49. The molecule has 2 rings (SSSR count). The Hall–Kier alpha value is -2.53. The number of anilines is 1. The second-order valence-corrected chi connectivity index (χ2v) is 7.15. The second kappa shape index (κ2) is 10.1. The Morgan fingerprint density at radius 2 is 1.82 bits per heavy atom. The molecule has 0 aliphatic carbocycles. The fourth-order valence-electron chi connectivity index (χ4n) is 2.58. The highest BCUT2D eigenvalue weighted by Gasteiger charge is 2.21. The minimum atomic E-state index is -0.689. The average Bonchev–Trinajstić information content (AvgIpc) is 2.68. The van der Waals surface area contributed by atoms with Gasteiger partial charge in [-0.15, -0.1) is 0 Å². The smallest absolute Gasteiger partial charge is 0.265 e. The number of carbonyl (C=O) groups excluding carboxylic acids is 2. The first-order chi connectivity index (χ1) is 13.3. The first kappa shape index (κ1) is 21.8. The quantitative estimate of drug-likeness (QED) is 0.654. The number of ether oxygens (including phenoxy) is 1. The topological polar surface area (TPSA) is 67.4 Å². The summed E-state index contributed by atoms with van der Waals surface area (Å²) in [5.74, 6) is 0.0538. The molecule has 2 atom stereocenters. The zero-order valence-corrected chi connectivity index (χ0v) is 17.5. The number of hydrogen-bond donors (Lipinski definition) is 2.